The molecule has 3 heteroatoms. The molecule has 1 N–H and O–H groups in total. The minimum absolute atomic E-state index is 0.221. The van der Waals surface area contributed by atoms with Crippen LogP contribution in [0.25, 0.3) is 10.8 Å². The summed E-state index contributed by atoms with van der Waals surface area (Å²) in [5.74, 6) is 1.53. The molecule has 0 aliphatic heterocycles. The minimum Gasteiger partial charge on any atom is -0.464 e. The predicted octanol–water partition coefficient (Wildman–Crippen LogP) is 5.00. The Morgan fingerprint density at radius 1 is 0.917 bits per heavy atom. The van der Waals surface area contributed by atoms with Crippen molar-refractivity contribution in [1.82, 2.24) is 5.32 Å². The number of benzene rings is 2. The zero-order valence-corrected chi connectivity index (χ0v) is 15.4. The fraction of sp³-hybridized carbons (Fsp3) is 0.524. The first-order valence-electron chi connectivity index (χ1n) is 9.05. The fourth-order valence-corrected chi connectivity index (χ4v) is 2.54. The van der Waals surface area contributed by atoms with Crippen LogP contribution in [0, 0.1) is 5.92 Å². The number of hydrogen-bond acceptors (Lipinski definition) is 3. The maximum absolute atomic E-state index is 6.23. The van der Waals surface area contributed by atoms with Crippen molar-refractivity contribution < 1.29 is 9.47 Å². The highest BCUT2D eigenvalue weighted by Gasteiger charge is 2.13. The first-order valence-corrected chi connectivity index (χ1v) is 9.05. The fourth-order valence-electron chi connectivity index (χ4n) is 2.54. The molecule has 0 radical (unpaired) electrons. The van der Waals surface area contributed by atoms with E-state index in [0.29, 0.717) is 12.0 Å². The standard InChI is InChI=1S/C21H31NO2/c1-16(2)13-15-23-21(12-14-22-17(3)4)24-20-11-7-9-18-8-5-6-10-19(18)20/h5-11,16-17,21-22H,12-15H2,1-4H3. The number of hydrogen-bond donors (Lipinski definition) is 1. The highest BCUT2D eigenvalue weighted by Crippen LogP contribution is 2.26. The first-order chi connectivity index (χ1) is 11.6. The Kier molecular flexibility index (Phi) is 7.54. The lowest BCUT2D eigenvalue weighted by molar-refractivity contribution is -0.0858. The molecule has 0 aliphatic rings. The second kappa shape index (κ2) is 9.65. The highest BCUT2D eigenvalue weighted by atomic mass is 16.7. The average molecular weight is 329 g/mol. The molecule has 1 atom stereocenters. The van der Waals surface area contributed by atoms with Gasteiger partial charge in [-0.25, -0.2) is 0 Å². The van der Waals surface area contributed by atoms with Gasteiger partial charge in [-0.2, -0.15) is 0 Å². The van der Waals surface area contributed by atoms with Crippen LogP contribution in [0.3, 0.4) is 0 Å². The van der Waals surface area contributed by atoms with Crippen molar-refractivity contribution >= 4 is 10.8 Å². The summed E-state index contributed by atoms with van der Waals surface area (Å²) < 4.78 is 12.3. The van der Waals surface area contributed by atoms with Crippen molar-refractivity contribution in [1.29, 1.82) is 0 Å². The van der Waals surface area contributed by atoms with Crippen LogP contribution in [0.4, 0.5) is 0 Å². The van der Waals surface area contributed by atoms with Crippen molar-refractivity contribution in [3.8, 4) is 5.75 Å². The van der Waals surface area contributed by atoms with Crippen LogP contribution in [0.5, 0.6) is 5.75 Å². The van der Waals surface area contributed by atoms with Gasteiger partial charge in [0.2, 0.25) is 6.29 Å². The van der Waals surface area contributed by atoms with E-state index in [1.807, 2.05) is 18.2 Å². The van der Waals surface area contributed by atoms with Crippen LogP contribution >= 0.6 is 0 Å². The van der Waals surface area contributed by atoms with Gasteiger partial charge in [0.15, 0.2) is 0 Å². The molecule has 0 bridgehead atoms. The van der Waals surface area contributed by atoms with Crippen molar-refractivity contribution in [2.45, 2.75) is 52.9 Å². The van der Waals surface area contributed by atoms with Gasteiger partial charge in [-0.1, -0.05) is 64.1 Å². The lowest BCUT2D eigenvalue weighted by Gasteiger charge is -2.22. The molecule has 0 aliphatic carbocycles. The third-order valence-electron chi connectivity index (χ3n) is 3.94. The topological polar surface area (TPSA) is 30.5 Å². The summed E-state index contributed by atoms with van der Waals surface area (Å²) in [5.41, 5.74) is 0. The Hall–Kier alpha value is -1.58. The Morgan fingerprint density at radius 2 is 1.67 bits per heavy atom. The Labute approximate surface area is 146 Å². The zero-order valence-electron chi connectivity index (χ0n) is 15.4. The molecule has 0 spiro atoms. The van der Waals surface area contributed by atoms with Crippen molar-refractivity contribution in [2.24, 2.45) is 5.92 Å². The van der Waals surface area contributed by atoms with E-state index in [9.17, 15) is 0 Å². The van der Waals surface area contributed by atoms with Crippen molar-refractivity contribution in [3.05, 3.63) is 42.5 Å². The summed E-state index contributed by atoms with van der Waals surface area (Å²) in [7, 11) is 0. The summed E-state index contributed by atoms with van der Waals surface area (Å²) in [6.07, 6.45) is 1.66. The van der Waals surface area contributed by atoms with Gasteiger partial charge in [0, 0.05) is 24.4 Å². The number of nitrogens with one attached hydrogen (secondary N) is 1. The molecule has 0 heterocycles. The van der Waals surface area contributed by atoms with E-state index in [1.54, 1.807) is 0 Å². The van der Waals surface area contributed by atoms with Gasteiger partial charge in [0.25, 0.3) is 0 Å². The molecule has 3 nitrogen and oxygen atoms in total. The summed E-state index contributed by atoms with van der Waals surface area (Å²) in [4.78, 5) is 0. The van der Waals surface area contributed by atoms with E-state index in [2.05, 4.69) is 57.3 Å². The zero-order chi connectivity index (χ0) is 17.4. The summed E-state index contributed by atoms with van der Waals surface area (Å²) >= 11 is 0. The van der Waals surface area contributed by atoms with Crippen LogP contribution in [0.15, 0.2) is 42.5 Å². The van der Waals surface area contributed by atoms with Crippen molar-refractivity contribution in [3.63, 3.8) is 0 Å². The molecule has 2 rings (SSSR count). The van der Waals surface area contributed by atoms with Gasteiger partial charge in [0.05, 0.1) is 6.61 Å². The van der Waals surface area contributed by atoms with Crippen LogP contribution in [-0.4, -0.2) is 25.5 Å². The molecule has 0 amide bonds. The first kappa shape index (κ1) is 18.8. The van der Waals surface area contributed by atoms with E-state index in [-0.39, 0.29) is 6.29 Å². The lowest BCUT2D eigenvalue weighted by atomic mass is 10.1. The predicted molar refractivity (Wildman–Crippen MR) is 102 cm³/mol. The van der Waals surface area contributed by atoms with Gasteiger partial charge in [0.1, 0.15) is 5.75 Å². The average Bonchev–Trinajstić information content (AvgIpc) is 2.54. The molecule has 2 aromatic rings. The summed E-state index contributed by atoms with van der Waals surface area (Å²) in [5, 5.41) is 5.76. The Bertz CT molecular complexity index is 590. The molecule has 0 saturated heterocycles. The molecular formula is C21H31NO2. The van der Waals surface area contributed by atoms with Gasteiger partial charge in [-0.15, -0.1) is 0 Å². The maximum Gasteiger partial charge on any atom is 0.201 e. The number of ether oxygens (including phenoxy) is 2. The van der Waals surface area contributed by atoms with E-state index >= 15 is 0 Å². The third kappa shape index (κ3) is 6.14. The molecule has 1 unspecified atom stereocenters. The summed E-state index contributed by atoms with van der Waals surface area (Å²) in [6.45, 7) is 10.3. The number of rotatable bonds is 10. The van der Waals surface area contributed by atoms with Crippen LogP contribution in [-0.2, 0) is 4.74 Å². The molecule has 0 saturated carbocycles. The second-order valence-electron chi connectivity index (χ2n) is 6.98. The summed E-state index contributed by atoms with van der Waals surface area (Å²) in [6, 6.07) is 14.9. The van der Waals surface area contributed by atoms with Crippen molar-refractivity contribution in [2.75, 3.05) is 13.2 Å². The monoisotopic (exact) mass is 329 g/mol. The van der Waals surface area contributed by atoms with Gasteiger partial charge < -0.3 is 14.8 Å². The van der Waals surface area contributed by atoms with E-state index < -0.39 is 0 Å². The van der Waals surface area contributed by atoms with Gasteiger partial charge in [-0.05, 0) is 23.8 Å². The molecule has 132 valence electrons. The second-order valence-corrected chi connectivity index (χ2v) is 6.98. The lowest BCUT2D eigenvalue weighted by Crippen LogP contribution is -2.30. The van der Waals surface area contributed by atoms with Crippen LogP contribution in [0.2, 0.25) is 0 Å². The molecule has 2 aromatic carbocycles. The minimum atomic E-state index is -0.221. The van der Waals surface area contributed by atoms with Gasteiger partial charge in [-0.3, -0.25) is 0 Å². The van der Waals surface area contributed by atoms with Crippen LogP contribution < -0.4 is 10.1 Å². The molecular weight excluding hydrogens is 298 g/mol. The quantitative estimate of drug-likeness (QED) is 0.623. The van der Waals surface area contributed by atoms with Gasteiger partial charge >= 0.3 is 0 Å². The smallest absolute Gasteiger partial charge is 0.201 e. The normalized spacial score (nSPS) is 12.9. The molecule has 0 aromatic heterocycles. The Balaban J connectivity index is 2.04. The molecule has 24 heavy (non-hydrogen) atoms. The number of fused-ring (bicyclic) bond motifs is 1. The highest BCUT2D eigenvalue weighted by molar-refractivity contribution is 5.88. The molecule has 0 fully saturated rings. The van der Waals surface area contributed by atoms with Crippen LogP contribution in [0.1, 0.15) is 40.5 Å². The van der Waals surface area contributed by atoms with E-state index in [4.69, 9.17) is 9.47 Å². The SMILES string of the molecule is CC(C)CCOC(CCNC(C)C)Oc1cccc2ccccc12. The maximum atomic E-state index is 6.23. The third-order valence-corrected chi connectivity index (χ3v) is 3.94. The largest absolute Gasteiger partial charge is 0.464 e. The van der Waals surface area contributed by atoms with E-state index in [1.165, 1.54) is 5.39 Å². The Morgan fingerprint density at radius 3 is 2.42 bits per heavy atom. The van der Waals surface area contributed by atoms with E-state index in [0.717, 1.165) is 37.1 Å².